The Morgan fingerprint density at radius 1 is 1.22 bits per heavy atom. The molecule has 23 heavy (non-hydrogen) atoms. The number of benzene rings is 2. The number of rotatable bonds is 1. The normalized spacial score (nSPS) is 13.7. The van der Waals surface area contributed by atoms with Crippen molar-refractivity contribution in [2.45, 2.75) is 13.5 Å². The van der Waals surface area contributed by atoms with Crippen molar-refractivity contribution in [3.63, 3.8) is 0 Å². The van der Waals surface area contributed by atoms with Crippen molar-refractivity contribution in [1.29, 1.82) is 0 Å². The summed E-state index contributed by atoms with van der Waals surface area (Å²) in [4.78, 5) is 19.2. The summed E-state index contributed by atoms with van der Waals surface area (Å²) >= 11 is 9.71. The Kier molecular flexibility index (Phi) is 3.39. The first kappa shape index (κ1) is 14.7. The monoisotopic (exact) mass is 386 g/mol. The van der Waals surface area contributed by atoms with Gasteiger partial charge >= 0.3 is 0 Å². The Labute approximate surface area is 147 Å². The van der Waals surface area contributed by atoms with E-state index in [1.165, 1.54) is 0 Å². The van der Waals surface area contributed by atoms with Gasteiger partial charge in [-0.15, -0.1) is 0 Å². The number of para-hydroxylation sites is 1. The summed E-state index contributed by atoms with van der Waals surface area (Å²) in [6.45, 7) is 2.45. The van der Waals surface area contributed by atoms with E-state index in [1.807, 2.05) is 43.3 Å². The molecule has 0 atom stereocenters. The van der Waals surface area contributed by atoms with Crippen LogP contribution in [-0.4, -0.2) is 10.9 Å². The fraction of sp³-hybridized carbons (Fsp3) is 0.111. The van der Waals surface area contributed by atoms with Gasteiger partial charge in [0.1, 0.15) is 0 Å². The summed E-state index contributed by atoms with van der Waals surface area (Å²) < 4.78 is 0.878. The molecule has 1 aromatic heterocycles. The quantitative estimate of drug-likeness (QED) is 0.580. The molecule has 0 aliphatic carbocycles. The number of hydrogen-bond donors (Lipinski definition) is 0. The van der Waals surface area contributed by atoms with Gasteiger partial charge in [0.05, 0.1) is 28.3 Å². The van der Waals surface area contributed by atoms with Gasteiger partial charge in [0, 0.05) is 15.6 Å². The van der Waals surface area contributed by atoms with E-state index in [9.17, 15) is 4.79 Å². The second-order valence-corrected chi connectivity index (χ2v) is 6.94. The van der Waals surface area contributed by atoms with Crippen LogP contribution in [0.5, 0.6) is 0 Å². The van der Waals surface area contributed by atoms with E-state index in [1.54, 1.807) is 11.0 Å². The maximum Gasteiger partial charge on any atom is 0.260 e. The first-order chi connectivity index (χ1) is 11.0. The Bertz CT molecular complexity index is 971. The number of nitrogens with zero attached hydrogens (tertiary/aromatic N) is 2. The molecule has 0 saturated carbocycles. The van der Waals surface area contributed by atoms with E-state index in [0.29, 0.717) is 17.1 Å². The number of carbonyl (C=O) groups is 1. The van der Waals surface area contributed by atoms with E-state index in [0.717, 1.165) is 32.3 Å². The van der Waals surface area contributed by atoms with E-state index < -0.39 is 0 Å². The Morgan fingerprint density at radius 3 is 2.87 bits per heavy atom. The minimum absolute atomic E-state index is 0.0756. The maximum absolute atomic E-state index is 12.9. The van der Waals surface area contributed by atoms with E-state index in [4.69, 9.17) is 11.6 Å². The highest BCUT2D eigenvalue weighted by Gasteiger charge is 2.32. The third-order valence-corrected chi connectivity index (χ3v) is 4.81. The molecule has 3 aromatic rings. The molecule has 114 valence electrons. The van der Waals surface area contributed by atoms with Crippen LogP contribution in [0, 0.1) is 6.92 Å². The number of pyridine rings is 1. The van der Waals surface area contributed by atoms with Gasteiger partial charge in [-0.2, -0.15) is 0 Å². The third kappa shape index (κ3) is 2.33. The Hall–Kier alpha value is -1.91. The lowest BCUT2D eigenvalue weighted by Gasteiger charge is -2.17. The molecule has 0 spiro atoms. The lowest BCUT2D eigenvalue weighted by Crippen LogP contribution is -2.23. The van der Waals surface area contributed by atoms with Crippen LogP contribution in [0.4, 0.5) is 5.69 Å². The minimum Gasteiger partial charge on any atom is -0.302 e. The predicted molar refractivity (Wildman–Crippen MR) is 96.1 cm³/mol. The topological polar surface area (TPSA) is 33.2 Å². The van der Waals surface area contributed by atoms with Crippen molar-refractivity contribution in [2.24, 2.45) is 0 Å². The summed E-state index contributed by atoms with van der Waals surface area (Å²) in [5.74, 6) is -0.0756. The molecule has 1 amide bonds. The molecule has 1 aliphatic rings. The van der Waals surface area contributed by atoms with E-state index >= 15 is 0 Å². The third-order valence-electron chi connectivity index (χ3n) is 4.05. The van der Waals surface area contributed by atoms with Crippen molar-refractivity contribution < 1.29 is 4.79 Å². The van der Waals surface area contributed by atoms with Crippen LogP contribution in [-0.2, 0) is 6.54 Å². The Morgan fingerprint density at radius 2 is 2.04 bits per heavy atom. The number of fused-ring (bicyclic) bond motifs is 2. The highest BCUT2D eigenvalue weighted by molar-refractivity contribution is 9.10. The lowest BCUT2D eigenvalue weighted by atomic mass is 10.1. The van der Waals surface area contributed by atoms with Crippen LogP contribution in [0.3, 0.4) is 0 Å². The molecule has 0 N–H and O–H groups in total. The fourth-order valence-corrected chi connectivity index (χ4v) is 3.97. The maximum atomic E-state index is 12.9. The van der Waals surface area contributed by atoms with E-state index in [2.05, 4.69) is 20.9 Å². The molecule has 1 aliphatic heterocycles. The second-order valence-electron chi connectivity index (χ2n) is 5.61. The van der Waals surface area contributed by atoms with Crippen LogP contribution >= 0.6 is 27.5 Å². The van der Waals surface area contributed by atoms with Gasteiger partial charge in [0.25, 0.3) is 5.91 Å². The van der Waals surface area contributed by atoms with Crippen molar-refractivity contribution in [2.75, 3.05) is 4.90 Å². The molecule has 4 rings (SSSR count). The number of carbonyl (C=O) groups excluding carboxylic acids is 1. The molecule has 0 bridgehead atoms. The summed E-state index contributed by atoms with van der Waals surface area (Å²) in [6.07, 6.45) is 0. The van der Waals surface area contributed by atoms with Crippen molar-refractivity contribution in [3.8, 4) is 0 Å². The first-order valence-electron chi connectivity index (χ1n) is 7.21. The average molecular weight is 388 g/mol. The summed E-state index contributed by atoms with van der Waals surface area (Å²) in [5, 5.41) is 1.50. The molecule has 2 aromatic carbocycles. The van der Waals surface area contributed by atoms with Gasteiger partial charge in [-0.05, 0) is 36.8 Å². The smallest absolute Gasteiger partial charge is 0.260 e. The van der Waals surface area contributed by atoms with Gasteiger partial charge in [-0.3, -0.25) is 9.78 Å². The Balaban J connectivity index is 1.89. The zero-order valence-corrected chi connectivity index (χ0v) is 14.6. The number of aromatic nitrogens is 1. The number of amides is 1. The van der Waals surface area contributed by atoms with Crippen LogP contribution < -0.4 is 4.90 Å². The molecule has 0 saturated heterocycles. The largest absolute Gasteiger partial charge is 0.302 e. The number of hydrogen-bond acceptors (Lipinski definition) is 2. The number of aryl methyl sites for hydroxylation is 1. The fourth-order valence-electron chi connectivity index (χ4n) is 3.01. The molecule has 2 heterocycles. The standard InChI is InChI=1S/C18H12BrClN2O/c1-10-5-6-11-3-2-4-15(17(11)21-10)22-9-12-7-13(19)8-14(20)16(12)18(22)23/h2-8H,9H2,1H3. The molecule has 5 heteroatoms. The highest BCUT2D eigenvalue weighted by atomic mass is 79.9. The zero-order chi connectivity index (χ0) is 16.1. The second kappa shape index (κ2) is 5.32. The van der Waals surface area contributed by atoms with Gasteiger partial charge in [-0.25, -0.2) is 0 Å². The van der Waals surface area contributed by atoms with Crippen molar-refractivity contribution >= 4 is 50.0 Å². The molecule has 3 nitrogen and oxygen atoms in total. The minimum atomic E-state index is -0.0756. The van der Waals surface area contributed by atoms with Gasteiger partial charge in [-0.1, -0.05) is 45.7 Å². The van der Waals surface area contributed by atoms with Crippen LogP contribution in [0.2, 0.25) is 5.02 Å². The van der Waals surface area contributed by atoms with Crippen LogP contribution in [0.15, 0.2) is 46.9 Å². The van der Waals surface area contributed by atoms with Gasteiger partial charge in [0.2, 0.25) is 0 Å². The summed E-state index contributed by atoms with van der Waals surface area (Å²) in [7, 11) is 0. The molecule has 0 radical (unpaired) electrons. The predicted octanol–water partition coefficient (Wildman–Crippen LogP) is 5.12. The highest BCUT2D eigenvalue weighted by Crippen LogP contribution is 2.37. The molecular weight excluding hydrogens is 376 g/mol. The number of halogens is 2. The van der Waals surface area contributed by atoms with Crippen LogP contribution in [0.25, 0.3) is 10.9 Å². The first-order valence-corrected chi connectivity index (χ1v) is 8.38. The van der Waals surface area contributed by atoms with Crippen LogP contribution in [0.1, 0.15) is 21.6 Å². The molecular formula is C18H12BrClN2O. The SMILES string of the molecule is Cc1ccc2cccc(N3Cc4cc(Br)cc(Cl)c4C3=O)c2n1. The van der Waals surface area contributed by atoms with Gasteiger partial charge in [0.15, 0.2) is 0 Å². The lowest BCUT2D eigenvalue weighted by molar-refractivity contribution is 0.0997. The summed E-state index contributed by atoms with van der Waals surface area (Å²) in [6, 6.07) is 13.6. The van der Waals surface area contributed by atoms with Crippen molar-refractivity contribution in [1.82, 2.24) is 4.98 Å². The molecule has 0 unspecified atom stereocenters. The van der Waals surface area contributed by atoms with Gasteiger partial charge < -0.3 is 4.90 Å². The zero-order valence-electron chi connectivity index (χ0n) is 12.3. The molecule has 0 fully saturated rings. The van der Waals surface area contributed by atoms with Crippen molar-refractivity contribution in [3.05, 3.63) is 68.8 Å². The summed E-state index contributed by atoms with van der Waals surface area (Å²) in [5.41, 5.74) is 4.09. The number of anilines is 1. The van der Waals surface area contributed by atoms with E-state index in [-0.39, 0.29) is 5.91 Å². The average Bonchev–Trinajstić information content (AvgIpc) is 2.83.